The van der Waals surface area contributed by atoms with Crippen LogP contribution in [0.4, 0.5) is 0 Å². The van der Waals surface area contributed by atoms with Gasteiger partial charge in [-0.05, 0) is 44.0 Å². The van der Waals surface area contributed by atoms with Crippen molar-refractivity contribution < 1.29 is 9.90 Å². The molecule has 0 radical (unpaired) electrons. The number of piperidine rings is 2. The normalized spacial score (nSPS) is 26.3. The van der Waals surface area contributed by atoms with Crippen molar-refractivity contribution in [2.45, 2.75) is 25.3 Å². The lowest BCUT2D eigenvalue weighted by molar-refractivity contribution is -0.0137. The van der Waals surface area contributed by atoms with Crippen LogP contribution in [0.15, 0.2) is 36.9 Å². The molecule has 2 atom stereocenters. The third-order valence-corrected chi connectivity index (χ3v) is 5.59. The van der Waals surface area contributed by atoms with Gasteiger partial charge in [0, 0.05) is 35.8 Å². The summed E-state index contributed by atoms with van der Waals surface area (Å²) in [6.07, 6.45) is 6.12. The maximum Gasteiger partial charge on any atom is 0.253 e. The number of carbonyl (C=O) groups excluding carboxylic acids is 1. The Bertz CT molecular complexity index is 748. The smallest absolute Gasteiger partial charge is 0.253 e. The van der Waals surface area contributed by atoms with Crippen molar-refractivity contribution in [3.8, 4) is 5.69 Å². The van der Waals surface area contributed by atoms with E-state index in [1.165, 1.54) is 0 Å². The van der Waals surface area contributed by atoms with E-state index in [-0.39, 0.29) is 17.9 Å². The Morgan fingerprint density at radius 2 is 2.20 bits per heavy atom. The van der Waals surface area contributed by atoms with Gasteiger partial charge in [0.2, 0.25) is 0 Å². The fourth-order valence-corrected chi connectivity index (χ4v) is 4.18. The summed E-state index contributed by atoms with van der Waals surface area (Å²) in [6, 6.07) is 7.81. The van der Waals surface area contributed by atoms with Crippen molar-refractivity contribution in [3.63, 3.8) is 0 Å². The van der Waals surface area contributed by atoms with E-state index in [4.69, 9.17) is 0 Å². The number of hydrogen-bond acceptors (Lipinski definition) is 5. The molecule has 2 aromatic rings. The number of likely N-dealkylation sites (tertiary alicyclic amines) is 1. The highest BCUT2D eigenvalue weighted by atomic mass is 16.3. The van der Waals surface area contributed by atoms with Gasteiger partial charge in [-0.3, -0.25) is 9.36 Å². The van der Waals surface area contributed by atoms with Crippen LogP contribution < -0.4 is 5.32 Å². The van der Waals surface area contributed by atoms with Crippen LogP contribution in [0.3, 0.4) is 0 Å². The zero-order chi connectivity index (χ0) is 17.3. The largest absolute Gasteiger partial charge is 0.396 e. The summed E-state index contributed by atoms with van der Waals surface area (Å²) < 4.78 is 1.78. The first-order chi connectivity index (χ1) is 12.2. The second-order valence-corrected chi connectivity index (χ2v) is 7.07. The minimum absolute atomic E-state index is 0.0202. The molecule has 0 spiro atoms. The van der Waals surface area contributed by atoms with E-state index in [0.717, 1.165) is 38.0 Å². The highest BCUT2D eigenvalue weighted by Crippen LogP contribution is 2.37. The van der Waals surface area contributed by atoms with Gasteiger partial charge in [0.25, 0.3) is 5.91 Å². The van der Waals surface area contributed by atoms with E-state index in [1.54, 1.807) is 17.2 Å². The Morgan fingerprint density at radius 1 is 1.36 bits per heavy atom. The van der Waals surface area contributed by atoms with Crippen LogP contribution in [-0.2, 0) is 0 Å². The topological polar surface area (TPSA) is 83.3 Å². The van der Waals surface area contributed by atoms with Gasteiger partial charge in [-0.1, -0.05) is 6.07 Å². The Kier molecular flexibility index (Phi) is 4.27. The molecule has 1 aromatic heterocycles. The summed E-state index contributed by atoms with van der Waals surface area (Å²) in [5.41, 5.74) is 1.31. The van der Waals surface area contributed by atoms with Crippen LogP contribution in [0.5, 0.6) is 0 Å². The predicted molar refractivity (Wildman–Crippen MR) is 92.4 cm³/mol. The van der Waals surface area contributed by atoms with Crippen molar-refractivity contribution >= 4 is 5.91 Å². The van der Waals surface area contributed by atoms with Crippen molar-refractivity contribution in [3.05, 3.63) is 42.5 Å². The fourth-order valence-electron chi connectivity index (χ4n) is 4.18. The number of amides is 1. The van der Waals surface area contributed by atoms with E-state index < -0.39 is 0 Å². The first-order valence-corrected chi connectivity index (χ1v) is 8.80. The van der Waals surface area contributed by atoms with Crippen LogP contribution in [-0.4, -0.2) is 63.0 Å². The molecule has 2 aliphatic rings. The number of fused-ring (bicyclic) bond motifs is 1. The van der Waals surface area contributed by atoms with Crippen molar-refractivity contribution in [1.29, 1.82) is 0 Å². The summed E-state index contributed by atoms with van der Waals surface area (Å²) >= 11 is 0. The monoisotopic (exact) mass is 341 g/mol. The van der Waals surface area contributed by atoms with E-state index in [0.29, 0.717) is 18.2 Å². The van der Waals surface area contributed by atoms with Gasteiger partial charge in [-0.15, -0.1) is 10.2 Å². The van der Waals surface area contributed by atoms with Crippen molar-refractivity contribution in [1.82, 2.24) is 25.0 Å². The molecule has 2 N–H and O–H groups in total. The molecule has 1 amide bonds. The van der Waals surface area contributed by atoms with Gasteiger partial charge in [0.05, 0.1) is 6.61 Å². The number of carbonyl (C=O) groups is 1. The number of hydrogen-bond donors (Lipinski definition) is 2. The average molecular weight is 341 g/mol. The number of aromatic nitrogens is 3. The third kappa shape index (κ3) is 2.94. The van der Waals surface area contributed by atoms with Gasteiger partial charge in [0.15, 0.2) is 0 Å². The average Bonchev–Trinajstić information content (AvgIpc) is 3.22. The third-order valence-electron chi connectivity index (χ3n) is 5.59. The van der Waals surface area contributed by atoms with Gasteiger partial charge < -0.3 is 15.3 Å². The highest BCUT2D eigenvalue weighted by Gasteiger charge is 2.45. The summed E-state index contributed by atoms with van der Waals surface area (Å²) in [5, 5.41) is 21.2. The summed E-state index contributed by atoms with van der Waals surface area (Å²) in [7, 11) is 0. The second-order valence-electron chi connectivity index (χ2n) is 7.07. The molecular weight excluding hydrogens is 318 g/mol. The zero-order valence-electron chi connectivity index (χ0n) is 14.1. The van der Waals surface area contributed by atoms with Crippen LogP contribution in [0.25, 0.3) is 5.69 Å². The molecule has 2 fully saturated rings. The molecule has 2 saturated heterocycles. The standard InChI is InChI=1S/C18H23N5O2/c24-11-18-6-2-7-19-16(18)5-8-22(10-18)17(25)14-3-1-4-15(9-14)23-12-20-21-13-23/h1,3-4,9,12-13,16,19,24H,2,5-8,10-11H2/t16-,18-/m1/s1. The van der Waals surface area contributed by atoms with E-state index in [9.17, 15) is 9.90 Å². The fraction of sp³-hybridized carbons (Fsp3) is 0.500. The van der Waals surface area contributed by atoms with E-state index in [2.05, 4.69) is 15.5 Å². The molecule has 0 saturated carbocycles. The van der Waals surface area contributed by atoms with Gasteiger partial charge >= 0.3 is 0 Å². The molecule has 1 aromatic carbocycles. The number of benzene rings is 1. The number of nitrogens with one attached hydrogen (secondary N) is 1. The Labute approximate surface area is 146 Å². The minimum atomic E-state index is -0.210. The first-order valence-electron chi connectivity index (χ1n) is 8.80. The van der Waals surface area contributed by atoms with Gasteiger partial charge in [-0.25, -0.2) is 0 Å². The number of rotatable bonds is 3. The summed E-state index contributed by atoms with van der Waals surface area (Å²) in [5.74, 6) is 0.0202. The Balaban J connectivity index is 1.56. The molecule has 132 valence electrons. The Morgan fingerprint density at radius 3 is 3.00 bits per heavy atom. The molecule has 2 aliphatic heterocycles. The maximum absolute atomic E-state index is 13.0. The van der Waals surface area contributed by atoms with Crippen LogP contribution in [0.2, 0.25) is 0 Å². The molecule has 7 nitrogen and oxygen atoms in total. The molecular formula is C18H23N5O2. The second kappa shape index (κ2) is 6.57. The predicted octanol–water partition coefficient (Wildman–Crippen LogP) is 0.844. The summed E-state index contributed by atoms with van der Waals surface area (Å²) in [4.78, 5) is 14.9. The maximum atomic E-state index is 13.0. The molecule has 4 rings (SSSR count). The molecule has 25 heavy (non-hydrogen) atoms. The summed E-state index contributed by atoms with van der Waals surface area (Å²) in [6.45, 7) is 2.45. The highest BCUT2D eigenvalue weighted by molar-refractivity contribution is 5.94. The lowest BCUT2D eigenvalue weighted by atomic mass is 9.70. The van der Waals surface area contributed by atoms with Gasteiger partial charge in [-0.2, -0.15) is 0 Å². The molecule has 0 unspecified atom stereocenters. The zero-order valence-corrected chi connectivity index (χ0v) is 14.1. The van der Waals surface area contributed by atoms with Crippen molar-refractivity contribution in [2.24, 2.45) is 5.41 Å². The van der Waals surface area contributed by atoms with Crippen LogP contribution >= 0.6 is 0 Å². The number of nitrogens with zero attached hydrogens (tertiary/aromatic N) is 4. The lowest BCUT2D eigenvalue weighted by Gasteiger charge is -2.50. The molecule has 0 aliphatic carbocycles. The minimum Gasteiger partial charge on any atom is -0.396 e. The number of aliphatic hydroxyl groups excluding tert-OH is 1. The quantitative estimate of drug-likeness (QED) is 0.865. The first kappa shape index (κ1) is 16.2. The number of aliphatic hydroxyl groups is 1. The SMILES string of the molecule is O=C(c1cccc(-n2cnnc2)c1)N1CC[C@H]2NCCC[C@]2(CO)C1. The van der Waals surface area contributed by atoms with Gasteiger partial charge in [0.1, 0.15) is 12.7 Å². The van der Waals surface area contributed by atoms with E-state index >= 15 is 0 Å². The lowest BCUT2D eigenvalue weighted by Crippen LogP contribution is -2.62. The molecule has 0 bridgehead atoms. The molecule has 3 heterocycles. The van der Waals surface area contributed by atoms with Crippen molar-refractivity contribution in [2.75, 3.05) is 26.2 Å². The van der Waals surface area contributed by atoms with Crippen LogP contribution in [0, 0.1) is 5.41 Å². The van der Waals surface area contributed by atoms with Crippen LogP contribution in [0.1, 0.15) is 29.6 Å². The Hall–Kier alpha value is -2.25. The molecule has 7 heteroatoms. The van der Waals surface area contributed by atoms with E-state index in [1.807, 2.05) is 29.2 Å².